The van der Waals surface area contributed by atoms with Gasteiger partial charge in [-0.3, -0.25) is 0 Å². The van der Waals surface area contributed by atoms with Crippen molar-refractivity contribution < 1.29 is 0 Å². The Bertz CT molecular complexity index is 148. The smallest absolute Gasteiger partial charge is 0.0355 e. The molecule has 0 nitrogen and oxygen atoms in total. The van der Waals surface area contributed by atoms with E-state index in [1.807, 2.05) is 0 Å². The maximum Gasteiger partial charge on any atom is -0.0355 e. The van der Waals surface area contributed by atoms with Gasteiger partial charge in [-0.25, -0.2) is 0 Å². The van der Waals surface area contributed by atoms with Gasteiger partial charge in [-0.2, -0.15) is 0 Å². The average molecular weight is 166 g/mol. The lowest BCUT2D eigenvalue weighted by Crippen LogP contribution is -2.03. The number of rotatable bonds is 1. The van der Waals surface area contributed by atoms with Crippen LogP contribution in [0.5, 0.6) is 0 Å². The third-order valence-electron chi connectivity index (χ3n) is 4.40. The number of fused-ring (bicyclic) bond motifs is 1. The maximum atomic E-state index is 2.46. The van der Waals surface area contributed by atoms with Gasteiger partial charge in [0.15, 0.2) is 0 Å². The molecule has 0 amide bonds. The third kappa shape index (κ3) is 1.53. The van der Waals surface area contributed by atoms with E-state index in [4.69, 9.17) is 0 Å². The maximum absolute atomic E-state index is 2.46. The summed E-state index contributed by atoms with van der Waals surface area (Å²) in [6, 6.07) is 0. The standard InChI is InChI=1S/C12H22/c1-3-10-5-4-6-11-9(2)12(11)8-7-10/h9-12H,3-8H2,1-2H3. The molecule has 0 bridgehead atoms. The van der Waals surface area contributed by atoms with Crippen molar-refractivity contribution in [2.24, 2.45) is 23.7 Å². The zero-order valence-electron chi connectivity index (χ0n) is 8.55. The molecule has 2 saturated carbocycles. The van der Waals surface area contributed by atoms with Crippen LogP contribution in [0.1, 0.15) is 52.4 Å². The van der Waals surface area contributed by atoms with E-state index in [2.05, 4.69) is 13.8 Å². The zero-order valence-corrected chi connectivity index (χ0v) is 8.55. The Morgan fingerprint density at radius 3 is 2.50 bits per heavy atom. The van der Waals surface area contributed by atoms with Crippen molar-refractivity contribution in [1.29, 1.82) is 0 Å². The van der Waals surface area contributed by atoms with Crippen molar-refractivity contribution in [3.05, 3.63) is 0 Å². The lowest BCUT2D eigenvalue weighted by atomic mass is 9.90. The van der Waals surface area contributed by atoms with Gasteiger partial charge in [0.1, 0.15) is 0 Å². The van der Waals surface area contributed by atoms with E-state index >= 15 is 0 Å². The fourth-order valence-corrected chi connectivity index (χ4v) is 3.21. The van der Waals surface area contributed by atoms with Crippen LogP contribution >= 0.6 is 0 Å². The summed E-state index contributed by atoms with van der Waals surface area (Å²) in [7, 11) is 0. The van der Waals surface area contributed by atoms with Gasteiger partial charge in [0.25, 0.3) is 0 Å². The molecule has 0 radical (unpaired) electrons. The highest BCUT2D eigenvalue weighted by Crippen LogP contribution is 2.53. The van der Waals surface area contributed by atoms with Crippen molar-refractivity contribution in [3.63, 3.8) is 0 Å². The van der Waals surface area contributed by atoms with Gasteiger partial charge in [0.2, 0.25) is 0 Å². The molecule has 0 heterocycles. The SMILES string of the molecule is CCC1CCCC2C(C)C2CC1. The van der Waals surface area contributed by atoms with E-state index in [-0.39, 0.29) is 0 Å². The number of hydrogen-bond acceptors (Lipinski definition) is 0. The summed E-state index contributed by atoms with van der Waals surface area (Å²) in [6.45, 7) is 4.82. The Hall–Kier alpha value is 0. The Morgan fingerprint density at radius 2 is 1.75 bits per heavy atom. The molecule has 0 N–H and O–H groups in total. The molecule has 2 fully saturated rings. The molecule has 0 aromatic rings. The van der Waals surface area contributed by atoms with Gasteiger partial charge in [0, 0.05) is 0 Å². The summed E-state index contributed by atoms with van der Waals surface area (Å²) < 4.78 is 0. The summed E-state index contributed by atoms with van der Waals surface area (Å²) in [6.07, 6.45) is 9.08. The van der Waals surface area contributed by atoms with E-state index in [1.54, 1.807) is 12.8 Å². The average Bonchev–Trinajstić information content (AvgIpc) is 2.60. The zero-order chi connectivity index (χ0) is 8.55. The number of hydrogen-bond donors (Lipinski definition) is 0. The molecule has 2 aliphatic carbocycles. The molecule has 4 unspecified atom stereocenters. The molecule has 0 aromatic heterocycles. The molecule has 70 valence electrons. The minimum atomic E-state index is 1.07. The molecule has 0 aromatic carbocycles. The van der Waals surface area contributed by atoms with Crippen molar-refractivity contribution in [1.82, 2.24) is 0 Å². The fourth-order valence-electron chi connectivity index (χ4n) is 3.21. The van der Waals surface area contributed by atoms with E-state index in [0.717, 1.165) is 23.7 Å². The van der Waals surface area contributed by atoms with E-state index in [9.17, 15) is 0 Å². The van der Waals surface area contributed by atoms with Crippen LogP contribution in [0.3, 0.4) is 0 Å². The second-order valence-corrected chi connectivity index (χ2v) is 4.97. The lowest BCUT2D eigenvalue weighted by molar-refractivity contribution is 0.361. The van der Waals surface area contributed by atoms with Gasteiger partial charge in [-0.15, -0.1) is 0 Å². The van der Waals surface area contributed by atoms with Crippen LogP contribution < -0.4 is 0 Å². The molecule has 0 heteroatoms. The van der Waals surface area contributed by atoms with E-state index < -0.39 is 0 Å². The largest absolute Gasteiger partial charge is 0.0651 e. The first-order valence-corrected chi connectivity index (χ1v) is 5.83. The Kier molecular flexibility index (Phi) is 2.43. The van der Waals surface area contributed by atoms with Crippen molar-refractivity contribution in [2.45, 2.75) is 52.4 Å². The predicted molar refractivity (Wildman–Crippen MR) is 53.0 cm³/mol. The Balaban J connectivity index is 1.84. The van der Waals surface area contributed by atoms with Crippen LogP contribution in [-0.4, -0.2) is 0 Å². The lowest BCUT2D eigenvalue weighted by Gasteiger charge is -2.16. The van der Waals surface area contributed by atoms with Gasteiger partial charge in [-0.1, -0.05) is 39.5 Å². The van der Waals surface area contributed by atoms with Crippen molar-refractivity contribution >= 4 is 0 Å². The highest BCUT2D eigenvalue weighted by Gasteiger charge is 2.45. The van der Waals surface area contributed by atoms with Crippen LogP contribution in [-0.2, 0) is 0 Å². The van der Waals surface area contributed by atoms with Crippen LogP contribution in [0, 0.1) is 23.7 Å². The first kappa shape index (κ1) is 8.59. The predicted octanol–water partition coefficient (Wildman–Crippen LogP) is 3.86. The van der Waals surface area contributed by atoms with Crippen LogP contribution in [0.2, 0.25) is 0 Å². The molecule has 4 atom stereocenters. The van der Waals surface area contributed by atoms with E-state index in [1.165, 1.54) is 25.7 Å². The quantitative estimate of drug-likeness (QED) is 0.555. The molecule has 2 rings (SSSR count). The first-order chi connectivity index (χ1) is 5.83. The summed E-state index contributed by atoms with van der Waals surface area (Å²) >= 11 is 0. The van der Waals surface area contributed by atoms with Gasteiger partial charge >= 0.3 is 0 Å². The van der Waals surface area contributed by atoms with Crippen LogP contribution in [0.25, 0.3) is 0 Å². The van der Waals surface area contributed by atoms with Crippen LogP contribution in [0.15, 0.2) is 0 Å². The summed E-state index contributed by atoms with van der Waals surface area (Å²) in [5.74, 6) is 4.43. The highest BCUT2D eigenvalue weighted by molar-refractivity contribution is 4.94. The van der Waals surface area contributed by atoms with Crippen LogP contribution in [0.4, 0.5) is 0 Å². The second kappa shape index (κ2) is 3.40. The first-order valence-electron chi connectivity index (χ1n) is 5.83. The molecule has 0 saturated heterocycles. The minimum Gasteiger partial charge on any atom is -0.0651 e. The van der Waals surface area contributed by atoms with E-state index in [0.29, 0.717) is 0 Å². The summed E-state index contributed by atoms with van der Waals surface area (Å²) in [4.78, 5) is 0. The molecular weight excluding hydrogens is 144 g/mol. The normalized spacial score (nSPS) is 47.5. The summed E-state index contributed by atoms with van der Waals surface area (Å²) in [5.41, 5.74) is 0. The van der Waals surface area contributed by atoms with Gasteiger partial charge in [-0.05, 0) is 36.5 Å². The third-order valence-corrected chi connectivity index (χ3v) is 4.40. The Labute approximate surface area is 76.7 Å². The highest BCUT2D eigenvalue weighted by atomic mass is 14.5. The Morgan fingerprint density at radius 1 is 1.00 bits per heavy atom. The molecule has 2 aliphatic rings. The van der Waals surface area contributed by atoms with Gasteiger partial charge in [0.05, 0.1) is 0 Å². The minimum absolute atomic E-state index is 1.07. The van der Waals surface area contributed by atoms with Crippen molar-refractivity contribution in [3.8, 4) is 0 Å². The molecule has 12 heavy (non-hydrogen) atoms. The fraction of sp³-hybridized carbons (Fsp3) is 1.00. The topological polar surface area (TPSA) is 0 Å². The van der Waals surface area contributed by atoms with Gasteiger partial charge < -0.3 is 0 Å². The molecular formula is C12H22. The molecule has 0 spiro atoms. The monoisotopic (exact) mass is 166 g/mol. The second-order valence-electron chi connectivity index (χ2n) is 4.97. The van der Waals surface area contributed by atoms with Crippen molar-refractivity contribution in [2.75, 3.05) is 0 Å². The summed E-state index contributed by atoms with van der Waals surface area (Å²) in [5, 5.41) is 0. The molecule has 0 aliphatic heterocycles.